The van der Waals surface area contributed by atoms with Crippen LogP contribution in [0.25, 0.3) is 5.82 Å². The molecule has 1 aliphatic heterocycles. The summed E-state index contributed by atoms with van der Waals surface area (Å²) in [6, 6.07) is 5.99. The monoisotopic (exact) mass is 334 g/mol. The van der Waals surface area contributed by atoms with Gasteiger partial charge in [-0.2, -0.15) is 0 Å². The van der Waals surface area contributed by atoms with E-state index in [-0.39, 0.29) is 11.8 Å². The van der Waals surface area contributed by atoms with E-state index in [0.717, 1.165) is 30.9 Å². The van der Waals surface area contributed by atoms with E-state index in [4.69, 9.17) is 4.98 Å². The topological polar surface area (TPSA) is 76.8 Å². The number of hydrogen-bond donors (Lipinski definition) is 0. The highest BCUT2D eigenvalue weighted by atomic mass is 16.2. The minimum Gasteiger partial charge on any atom is -0.337 e. The van der Waals surface area contributed by atoms with Gasteiger partial charge in [0, 0.05) is 49.5 Å². The van der Waals surface area contributed by atoms with Crippen molar-refractivity contribution in [1.82, 2.24) is 29.4 Å². The molecule has 25 heavy (non-hydrogen) atoms. The van der Waals surface area contributed by atoms with E-state index in [1.807, 2.05) is 33.9 Å². The van der Waals surface area contributed by atoms with Gasteiger partial charge in [0.25, 0.3) is 5.91 Å². The molecule has 0 unspecified atom stereocenters. The Bertz CT molecular complexity index is 849. The van der Waals surface area contributed by atoms with Gasteiger partial charge >= 0.3 is 0 Å². The van der Waals surface area contributed by atoms with Gasteiger partial charge in [0.1, 0.15) is 17.8 Å². The van der Waals surface area contributed by atoms with Crippen LogP contribution in [-0.4, -0.2) is 48.4 Å². The Labute approximate surface area is 145 Å². The lowest BCUT2D eigenvalue weighted by atomic mass is 9.94. The first kappa shape index (κ1) is 15.4. The van der Waals surface area contributed by atoms with Gasteiger partial charge in [-0.25, -0.2) is 15.0 Å². The Balaban J connectivity index is 1.54. The molecule has 4 heterocycles. The minimum atomic E-state index is -0.0661. The molecule has 0 spiro atoms. The van der Waals surface area contributed by atoms with E-state index in [1.54, 1.807) is 24.9 Å². The quantitative estimate of drug-likeness (QED) is 0.733. The van der Waals surface area contributed by atoms with Gasteiger partial charge in [-0.3, -0.25) is 14.3 Å². The number of nitrogens with zero attached hydrogens (tertiary/aromatic N) is 6. The minimum absolute atomic E-state index is 0.0661. The zero-order chi connectivity index (χ0) is 17.1. The van der Waals surface area contributed by atoms with Gasteiger partial charge in [-0.1, -0.05) is 6.07 Å². The van der Waals surface area contributed by atoms with Crippen molar-refractivity contribution >= 4 is 5.91 Å². The van der Waals surface area contributed by atoms with Crippen LogP contribution in [0.3, 0.4) is 0 Å². The molecular formula is C18H18N6O. The van der Waals surface area contributed by atoms with E-state index in [9.17, 15) is 4.79 Å². The summed E-state index contributed by atoms with van der Waals surface area (Å²) >= 11 is 0. The summed E-state index contributed by atoms with van der Waals surface area (Å²) in [5, 5.41) is 0. The van der Waals surface area contributed by atoms with Gasteiger partial charge in [-0.05, 0) is 25.0 Å². The average Bonchev–Trinajstić information content (AvgIpc) is 3.23. The molecule has 0 radical (unpaired) electrons. The predicted molar refractivity (Wildman–Crippen MR) is 91.3 cm³/mol. The van der Waals surface area contributed by atoms with Crippen molar-refractivity contribution in [3.63, 3.8) is 0 Å². The summed E-state index contributed by atoms with van der Waals surface area (Å²) in [7, 11) is 0. The van der Waals surface area contributed by atoms with Crippen molar-refractivity contribution in [2.45, 2.75) is 18.8 Å². The molecule has 4 rings (SSSR count). The first-order chi connectivity index (χ1) is 12.3. The standard InChI is InChI=1S/C18H18N6O/c25-18(16-11-19-6-7-21-16)23-9-2-3-14(12-23)15-4-1-5-17(22-15)24-10-8-20-13-24/h1,4-8,10-11,13-14H,2-3,9,12H2/t14-/m1/s1. The molecule has 3 aromatic rings. The third kappa shape index (κ3) is 3.26. The number of piperidine rings is 1. The lowest BCUT2D eigenvalue weighted by Gasteiger charge is -2.32. The van der Waals surface area contributed by atoms with Crippen LogP contribution in [0.4, 0.5) is 0 Å². The summed E-state index contributed by atoms with van der Waals surface area (Å²) < 4.78 is 1.88. The van der Waals surface area contributed by atoms with Crippen LogP contribution in [0.15, 0.2) is 55.5 Å². The number of amides is 1. The van der Waals surface area contributed by atoms with Gasteiger partial charge in [-0.15, -0.1) is 0 Å². The van der Waals surface area contributed by atoms with Crippen LogP contribution >= 0.6 is 0 Å². The molecule has 7 heteroatoms. The van der Waals surface area contributed by atoms with Crippen LogP contribution in [0.2, 0.25) is 0 Å². The highest BCUT2D eigenvalue weighted by Gasteiger charge is 2.27. The maximum Gasteiger partial charge on any atom is 0.274 e. The van der Waals surface area contributed by atoms with Gasteiger partial charge in [0.2, 0.25) is 0 Å². The number of carbonyl (C=O) groups is 1. The summed E-state index contributed by atoms with van der Waals surface area (Å²) in [6.07, 6.45) is 11.9. The third-order valence-electron chi connectivity index (χ3n) is 4.43. The summed E-state index contributed by atoms with van der Waals surface area (Å²) in [4.78, 5) is 31.4. The second-order valence-electron chi connectivity index (χ2n) is 6.07. The van der Waals surface area contributed by atoms with Gasteiger partial charge < -0.3 is 4.90 Å². The van der Waals surface area contributed by atoms with E-state index in [2.05, 4.69) is 15.0 Å². The molecule has 0 bridgehead atoms. The number of aromatic nitrogens is 5. The van der Waals surface area contributed by atoms with Gasteiger partial charge in [0.15, 0.2) is 0 Å². The fraction of sp³-hybridized carbons (Fsp3) is 0.278. The van der Waals surface area contributed by atoms with Crippen molar-refractivity contribution in [2.24, 2.45) is 0 Å². The molecule has 1 atom stereocenters. The van der Waals surface area contributed by atoms with Crippen LogP contribution in [0.5, 0.6) is 0 Å². The second kappa shape index (κ2) is 6.80. The van der Waals surface area contributed by atoms with Gasteiger partial charge in [0.05, 0.1) is 6.20 Å². The number of rotatable bonds is 3. The molecule has 1 amide bonds. The maximum absolute atomic E-state index is 12.6. The number of imidazole rings is 1. The Morgan fingerprint density at radius 2 is 2.12 bits per heavy atom. The SMILES string of the molecule is O=C(c1cnccn1)N1CCC[C@@H](c2cccc(-n3ccnc3)n2)C1. The third-order valence-corrected chi connectivity index (χ3v) is 4.43. The number of carbonyl (C=O) groups excluding carboxylic acids is 1. The van der Waals surface area contributed by atoms with E-state index in [0.29, 0.717) is 12.2 Å². The molecule has 126 valence electrons. The predicted octanol–water partition coefficient (Wildman–Crippen LogP) is 2.08. The lowest BCUT2D eigenvalue weighted by molar-refractivity contribution is 0.0699. The fourth-order valence-corrected chi connectivity index (χ4v) is 3.18. The molecule has 0 N–H and O–H groups in total. The average molecular weight is 334 g/mol. The van der Waals surface area contributed by atoms with Crippen molar-refractivity contribution in [1.29, 1.82) is 0 Å². The zero-order valence-corrected chi connectivity index (χ0v) is 13.7. The van der Waals surface area contributed by atoms with E-state index >= 15 is 0 Å². The Kier molecular flexibility index (Phi) is 4.20. The highest BCUT2D eigenvalue weighted by Crippen LogP contribution is 2.27. The normalized spacial score (nSPS) is 17.4. The van der Waals surface area contributed by atoms with E-state index < -0.39 is 0 Å². The van der Waals surface area contributed by atoms with Crippen LogP contribution in [-0.2, 0) is 0 Å². The highest BCUT2D eigenvalue weighted by molar-refractivity contribution is 5.92. The molecule has 0 saturated carbocycles. The first-order valence-electron chi connectivity index (χ1n) is 8.32. The zero-order valence-electron chi connectivity index (χ0n) is 13.7. The lowest BCUT2D eigenvalue weighted by Crippen LogP contribution is -2.39. The van der Waals surface area contributed by atoms with Crippen LogP contribution in [0.1, 0.15) is 34.9 Å². The Morgan fingerprint density at radius 3 is 2.92 bits per heavy atom. The maximum atomic E-state index is 12.6. The molecule has 1 fully saturated rings. The Morgan fingerprint density at radius 1 is 1.16 bits per heavy atom. The molecule has 7 nitrogen and oxygen atoms in total. The van der Waals surface area contributed by atoms with Crippen molar-refractivity contribution in [3.8, 4) is 5.82 Å². The first-order valence-corrected chi connectivity index (χ1v) is 8.32. The summed E-state index contributed by atoms with van der Waals surface area (Å²) in [5.74, 6) is 0.994. The molecular weight excluding hydrogens is 316 g/mol. The van der Waals surface area contributed by atoms with Crippen molar-refractivity contribution in [2.75, 3.05) is 13.1 Å². The van der Waals surface area contributed by atoms with E-state index in [1.165, 1.54) is 6.20 Å². The number of hydrogen-bond acceptors (Lipinski definition) is 5. The second-order valence-corrected chi connectivity index (χ2v) is 6.07. The number of pyridine rings is 1. The molecule has 1 aliphatic rings. The molecule has 0 aromatic carbocycles. The fourth-order valence-electron chi connectivity index (χ4n) is 3.18. The summed E-state index contributed by atoms with van der Waals surface area (Å²) in [5.41, 5.74) is 1.39. The largest absolute Gasteiger partial charge is 0.337 e. The molecule has 0 aliphatic carbocycles. The van der Waals surface area contributed by atoms with Crippen molar-refractivity contribution in [3.05, 3.63) is 66.9 Å². The Hall–Kier alpha value is -3.09. The van der Waals surface area contributed by atoms with Crippen molar-refractivity contribution < 1.29 is 4.79 Å². The number of likely N-dealkylation sites (tertiary alicyclic amines) is 1. The molecule has 3 aromatic heterocycles. The summed E-state index contributed by atoms with van der Waals surface area (Å²) in [6.45, 7) is 1.39. The smallest absolute Gasteiger partial charge is 0.274 e. The van der Waals surface area contributed by atoms with Crippen LogP contribution in [0, 0.1) is 0 Å². The van der Waals surface area contributed by atoms with Crippen LogP contribution < -0.4 is 0 Å². The molecule has 1 saturated heterocycles.